The van der Waals surface area contributed by atoms with E-state index in [4.69, 9.17) is 5.73 Å². The van der Waals surface area contributed by atoms with Gasteiger partial charge < -0.3 is 16.0 Å². The molecule has 1 aliphatic rings. The fourth-order valence-electron chi connectivity index (χ4n) is 2.26. The number of hydrogen-bond donors (Lipinski definition) is 2. The van der Waals surface area contributed by atoms with Gasteiger partial charge in [-0.3, -0.25) is 4.79 Å². The molecule has 0 saturated heterocycles. The van der Waals surface area contributed by atoms with Crippen molar-refractivity contribution in [2.24, 2.45) is 0 Å². The first-order valence-electron chi connectivity index (χ1n) is 6.09. The second-order valence-electron chi connectivity index (χ2n) is 4.15. The van der Waals surface area contributed by atoms with Gasteiger partial charge in [-0.1, -0.05) is 0 Å². The van der Waals surface area contributed by atoms with Crippen molar-refractivity contribution in [1.29, 1.82) is 0 Å². The summed E-state index contributed by atoms with van der Waals surface area (Å²) in [6.07, 6.45) is 0.908. The normalized spacial score (nSPS) is 14.5. The Balaban J connectivity index is 2.37. The molecule has 1 aromatic heterocycles. The van der Waals surface area contributed by atoms with Crippen LogP contribution in [0.1, 0.15) is 34.6 Å². The lowest BCUT2D eigenvalue weighted by atomic mass is 10.0. The highest BCUT2D eigenvalue weighted by molar-refractivity contribution is 7.16. The van der Waals surface area contributed by atoms with Crippen LogP contribution < -0.4 is 11.1 Å². The Hall–Kier alpha value is -1.07. The first kappa shape index (κ1) is 12.4. The zero-order valence-corrected chi connectivity index (χ0v) is 11.2. The molecule has 0 spiro atoms. The number of thiophene rings is 1. The van der Waals surface area contributed by atoms with Crippen LogP contribution in [-0.2, 0) is 13.0 Å². The largest absolute Gasteiger partial charge is 0.390 e. The van der Waals surface area contributed by atoms with Crippen LogP contribution in [0.15, 0.2) is 0 Å². The van der Waals surface area contributed by atoms with E-state index in [9.17, 15) is 4.79 Å². The third-order valence-electron chi connectivity index (χ3n) is 3.22. The van der Waals surface area contributed by atoms with E-state index in [1.54, 1.807) is 11.3 Å². The smallest absolute Gasteiger partial charge is 0.257 e. The summed E-state index contributed by atoms with van der Waals surface area (Å²) < 4.78 is 0. The van der Waals surface area contributed by atoms with Crippen LogP contribution in [-0.4, -0.2) is 30.4 Å². The predicted molar refractivity (Wildman–Crippen MR) is 71.4 cm³/mol. The van der Waals surface area contributed by atoms with E-state index < -0.39 is 0 Å². The number of carbonyl (C=O) groups excluding carboxylic acids is 1. The topological polar surface area (TPSA) is 58.4 Å². The van der Waals surface area contributed by atoms with Gasteiger partial charge in [-0.15, -0.1) is 11.3 Å². The maximum Gasteiger partial charge on any atom is 0.257 e. The number of anilines is 1. The van der Waals surface area contributed by atoms with E-state index in [0.717, 1.165) is 38.2 Å². The van der Waals surface area contributed by atoms with Crippen molar-refractivity contribution in [2.75, 3.05) is 25.4 Å². The number of nitrogens with one attached hydrogen (secondary N) is 1. The van der Waals surface area contributed by atoms with Crippen LogP contribution in [0, 0.1) is 0 Å². The van der Waals surface area contributed by atoms with Gasteiger partial charge in [-0.2, -0.15) is 0 Å². The fraction of sp³-hybridized carbons (Fsp3) is 0.583. The maximum atomic E-state index is 12.4. The van der Waals surface area contributed by atoms with Gasteiger partial charge in [0.25, 0.3) is 5.91 Å². The SMILES string of the molecule is CCN(CC)C(=O)c1c(N)sc2c1CCNC2. The second kappa shape index (κ2) is 5.06. The van der Waals surface area contributed by atoms with Crippen molar-refractivity contribution in [2.45, 2.75) is 26.8 Å². The lowest BCUT2D eigenvalue weighted by Crippen LogP contribution is -2.32. The highest BCUT2D eigenvalue weighted by Crippen LogP contribution is 2.33. The molecule has 0 atom stereocenters. The van der Waals surface area contributed by atoms with Gasteiger partial charge in [0.2, 0.25) is 0 Å². The van der Waals surface area contributed by atoms with Crippen molar-refractivity contribution >= 4 is 22.2 Å². The minimum atomic E-state index is 0.0897. The Kier molecular flexibility index (Phi) is 3.69. The first-order valence-corrected chi connectivity index (χ1v) is 6.90. The summed E-state index contributed by atoms with van der Waals surface area (Å²) in [5.41, 5.74) is 7.94. The zero-order chi connectivity index (χ0) is 12.4. The molecule has 0 radical (unpaired) electrons. The molecule has 1 aromatic rings. The number of nitrogens with zero attached hydrogens (tertiary/aromatic N) is 1. The monoisotopic (exact) mass is 253 g/mol. The van der Waals surface area contributed by atoms with Crippen LogP contribution in [0.2, 0.25) is 0 Å². The maximum absolute atomic E-state index is 12.4. The summed E-state index contributed by atoms with van der Waals surface area (Å²) in [5.74, 6) is 0.0897. The molecular formula is C12H19N3OS. The van der Waals surface area contributed by atoms with Gasteiger partial charge in [0.05, 0.1) is 10.6 Å². The van der Waals surface area contributed by atoms with Gasteiger partial charge in [0.15, 0.2) is 0 Å². The van der Waals surface area contributed by atoms with Crippen molar-refractivity contribution in [3.05, 3.63) is 16.0 Å². The number of hydrogen-bond acceptors (Lipinski definition) is 4. The Labute approximate surface area is 106 Å². The number of carbonyl (C=O) groups is 1. The minimum absolute atomic E-state index is 0.0897. The molecule has 0 fully saturated rings. The quantitative estimate of drug-likeness (QED) is 0.857. The molecule has 4 nitrogen and oxygen atoms in total. The number of nitrogens with two attached hydrogens (primary N) is 1. The molecule has 2 heterocycles. The summed E-state index contributed by atoms with van der Waals surface area (Å²) in [4.78, 5) is 15.5. The molecule has 3 N–H and O–H groups in total. The van der Waals surface area contributed by atoms with Crippen molar-refractivity contribution < 1.29 is 4.79 Å². The number of amides is 1. The van der Waals surface area contributed by atoms with Crippen LogP contribution in [0.5, 0.6) is 0 Å². The van der Waals surface area contributed by atoms with Crippen LogP contribution in [0.25, 0.3) is 0 Å². The summed E-state index contributed by atoms with van der Waals surface area (Å²) in [6, 6.07) is 0. The molecule has 1 aliphatic heterocycles. The van der Waals surface area contributed by atoms with E-state index in [0.29, 0.717) is 5.00 Å². The van der Waals surface area contributed by atoms with Gasteiger partial charge in [0, 0.05) is 24.5 Å². The van der Waals surface area contributed by atoms with E-state index in [1.807, 2.05) is 18.7 Å². The number of fused-ring (bicyclic) bond motifs is 1. The summed E-state index contributed by atoms with van der Waals surface area (Å²) in [6.45, 7) is 7.24. The molecule has 0 aromatic carbocycles. The van der Waals surface area contributed by atoms with Gasteiger partial charge in [-0.05, 0) is 32.4 Å². The Morgan fingerprint density at radius 3 is 2.82 bits per heavy atom. The molecule has 5 heteroatoms. The standard InChI is InChI=1S/C12H19N3OS/c1-3-15(4-2)12(16)10-8-5-6-14-7-9(8)17-11(10)13/h14H,3-7,13H2,1-2H3. The fourth-order valence-corrected chi connectivity index (χ4v) is 3.34. The predicted octanol–water partition coefficient (Wildman–Crippen LogP) is 1.46. The molecule has 1 amide bonds. The van der Waals surface area contributed by atoms with Crippen LogP contribution in [0.3, 0.4) is 0 Å². The molecule has 0 saturated carbocycles. The third-order valence-corrected chi connectivity index (χ3v) is 4.28. The number of nitrogen functional groups attached to an aromatic ring is 1. The average Bonchev–Trinajstić information content (AvgIpc) is 2.66. The van der Waals surface area contributed by atoms with Crippen molar-refractivity contribution in [3.63, 3.8) is 0 Å². The third kappa shape index (κ3) is 2.17. The first-order chi connectivity index (χ1) is 8.19. The van der Waals surface area contributed by atoms with E-state index in [-0.39, 0.29) is 5.91 Å². The molecule has 17 heavy (non-hydrogen) atoms. The molecule has 0 unspecified atom stereocenters. The average molecular weight is 253 g/mol. The summed E-state index contributed by atoms with van der Waals surface area (Å²) in [5, 5.41) is 3.98. The minimum Gasteiger partial charge on any atom is -0.390 e. The van der Waals surface area contributed by atoms with Crippen LogP contribution >= 0.6 is 11.3 Å². The Morgan fingerprint density at radius 2 is 2.18 bits per heavy atom. The molecular weight excluding hydrogens is 234 g/mol. The number of rotatable bonds is 3. The van der Waals surface area contributed by atoms with Crippen molar-refractivity contribution in [1.82, 2.24) is 10.2 Å². The lowest BCUT2D eigenvalue weighted by molar-refractivity contribution is 0.0773. The van der Waals surface area contributed by atoms with Crippen molar-refractivity contribution in [3.8, 4) is 0 Å². The molecule has 2 rings (SSSR count). The van der Waals surface area contributed by atoms with Gasteiger partial charge in [-0.25, -0.2) is 0 Å². The summed E-state index contributed by atoms with van der Waals surface area (Å²) in [7, 11) is 0. The van der Waals surface area contributed by atoms with E-state index in [1.165, 1.54) is 10.4 Å². The molecule has 0 aliphatic carbocycles. The highest BCUT2D eigenvalue weighted by atomic mass is 32.1. The molecule has 94 valence electrons. The Morgan fingerprint density at radius 1 is 1.47 bits per heavy atom. The summed E-state index contributed by atoms with van der Waals surface area (Å²) >= 11 is 1.55. The zero-order valence-electron chi connectivity index (χ0n) is 10.4. The highest BCUT2D eigenvalue weighted by Gasteiger charge is 2.26. The van der Waals surface area contributed by atoms with E-state index in [2.05, 4.69) is 5.32 Å². The Bertz CT molecular complexity index is 424. The lowest BCUT2D eigenvalue weighted by Gasteiger charge is -2.20. The van der Waals surface area contributed by atoms with Gasteiger partial charge >= 0.3 is 0 Å². The molecule has 0 bridgehead atoms. The van der Waals surface area contributed by atoms with Gasteiger partial charge in [0.1, 0.15) is 0 Å². The van der Waals surface area contributed by atoms with Crippen LogP contribution in [0.4, 0.5) is 5.00 Å². The van der Waals surface area contributed by atoms with E-state index >= 15 is 0 Å². The second-order valence-corrected chi connectivity index (χ2v) is 5.28.